The molecule has 46 heteroatoms. The predicted molar refractivity (Wildman–Crippen MR) is 486 cm³/mol. The van der Waals surface area contributed by atoms with Crippen LogP contribution in [-0.4, -0.2) is 183 Å². The lowest BCUT2D eigenvalue weighted by Gasteiger charge is -2.46. The summed E-state index contributed by atoms with van der Waals surface area (Å²) in [7, 11) is 0. The van der Waals surface area contributed by atoms with Gasteiger partial charge in [-0.2, -0.15) is 61.6 Å². The van der Waals surface area contributed by atoms with E-state index in [1.807, 2.05) is 22.1 Å². The molecule has 0 unspecified atom stereocenters. The quantitative estimate of drug-likeness (QED) is 0.0144. The fourth-order valence-corrected chi connectivity index (χ4v) is 20.0. The number of amides is 8. The van der Waals surface area contributed by atoms with Crippen LogP contribution in [0, 0.1) is 78.8 Å². The van der Waals surface area contributed by atoms with Crippen molar-refractivity contribution in [1.29, 1.82) is 0 Å². The number of alkyl halides is 4. The zero-order chi connectivity index (χ0) is 100. The maximum atomic E-state index is 14.3. The lowest BCUT2D eigenvalue weighted by atomic mass is 9.71. The highest BCUT2D eigenvalue weighted by molar-refractivity contribution is 6.46. The molecule has 2 saturated heterocycles. The van der Waals surface area contributed by atoms with Crippen LogP contribution in [-0.2, 0) is 96.1 Å². The summed E-state index contributed by atoms with van der Waals surface area (Å²) < 4.78 is 114. The van der Waals surface area contributed by atoms with Crippen LogP contribution in [0.15, 0.2) is 91.5 Å². The molecular formula is C95H92ClF7N24O14. The van der Waals surface area contributed by atoms with Crippen LogP contribution in [0.2, 0.25) is 5.02 Å². The normalized spacial score (nSPS) is 17.5. The summed E-state index contributed by atoms with van der Waals surface area (Å²) in [6, 6.07) is 16.0. The van der Waals surface area contributed by atoms with Gasteiger partial charge in [0, 0.05) is 95.0 Å². The number of H-pyrrole nitrogens is 4. The Morgan fingerprint density at radius 2 is 0.794 bits per heavy atom. The maximum absolute atomic E-state index is 14.3. The summed E-state index contributed by atoms with van der Waals surface area (Å²) in [5.74, 6) is -13.2. The molecule has 8 amide bonds. The molecule has 9 aliphatic rings. The Kier molecular flexibility index (Phi) is 25.3. The van der Waals surface area contributed by atoms with Crippen LogP contribution >= 0.6 is 11.6 Å². The van der Waals surface area contributed by atoms with Crippen LogP contribution in [0.5, 0.6) is 0 Å². The zero-order valence-electron chi connectivity index (χ0n) is 76.9. The van der Waals surface area contributed by atoms with Crippen molar-refractivity contribution in [3.8, 4) is 0 Å². The highest BCUT2D eigenvalue weighted by Gasteiger charge is 2.61. The number of rotatable bonds is 25. The molecule has 38 nitrogen and oxygen atoms in total. The molecule has 3 saturated carbocycles. The van der Waals surface area contributed by atoms with Gasteiger partial charge < -0.3 is 70.3 Å². The Hall–Kier alpha value is -15.3. The number of carbonyl (C=O) groups is 12. The molecule has 12 aromatic rings. The number of ether oxygens (including phenoxy) is 2. The summed E-state index contributed by atoms with van der Waals surface area (Å²) in [6.07, 6.45) is 7.99. The highest BCUT2D eigenvalue weighted by atomic mass is 35.5. The number of hydrogen-bond donors (Lipinski definition) is 12. The van der Waals surface area contributed by atoms with Crippen LogP contribution < -0.4 is 42.5 Å². The van der Waals surface area contributed by atoms with Crippen LogP contribution in [0.4, 0.5) is 53.5 Å². The van der Waals surface area contributed by atoms with E-state index in [-0.39, 0.29) is 106 Å². The van der Waals surface area contributed by atoms with Gasteiger partial charge in [-0.1, -0.05) is 29.8 Å². The van der Waals surface area contributed by atoms with Gasteiger partial charge in [0.2, 0.25) is 0 Å². The highest BCUT2D eigenvalue weighted by Crippen LogP contribution is 2.55. The Morgan fingerprint density at radius 3 is 1.19 bits per heavy atom. The third-order valence-corrected chi connectivity index (χ3v) is 27.9. The molecule has 8 aromatic heterocycles. The number of benzene rings is 4. The van der Waals surface area contributed by atoms with E-state index in [0.717, 1.165) is 30.5 Å². The number of nitrogens with zero attached hydrogens (tertiary/aromatic N) is 12. The standard InChI is InChI=1S/C25H24F4N6O3.C24H23FN6O4.C23H23ClN6O4.C23H22F2N6O3/c1-12-5-6-14(8-15(12)21(26)27)31-22(37)19-13(2)18(16-4-3-7-35(16)19)20(36)23(38)32-24(10-25(28,29)11-24)17-9-30-34-33-17;1-11-3-4-14(7-15(11)25)27-22(33)20-12(2)19(17-6-13-5-16(13)31(17)20)21(32)23(34)28-24(9-35-10-24)18-8-26-30-29-18;1-12-5-6-14(8-15(12)24)26-21(32)19-13(2)18(16-4-3-7-30(16)19)20(31)22(33)27-23(10-34-11-23)17-9-25-29-28-17;1-11-8-14(25)15(9-13(11)24)27-21(33)19-12(2)18(16-4-3-7-31(16)19)20(32)22(34)28-23(5-6-23)17-10-26-30-29-17/h5-6,8-9,21H,3-4,7,10-11H2,1-2H3,(H,31,37)(H,32,38)(H,30,33,34);3-4,7-8,13,16H,5-6,9-10H2,1-2H3,(H,27,33)(H,28,34)(H,26,29,30);5-6,8-9H,3-4,7,10-11H2,1-2H3,(H,26,32)(H,27,33)(H,25,28,29);8-10H,3-7H2,1-2H3,(H,27,33)(H,28,34)(H,26,29,30)/t;13-,16-;;/m.1../s1. The monoisotopic (exact) mass is 1960 g/mol. The number of aryl methyl sites for hydroxylation is 4. The van der Waals surface area contributed by atoms with E-state index in [1.54, 1.807) is 61.1 Å². The molecule has 0 spiro atoms. The topological polar surface area (TPSA) is 506 Å². The Morgan fingerprint density at radius 1 is 0.426 bits per heavy atom. The third-order valence-electron chi connectivity index (χ3n) is 27.5. The minimum Gasteiger partial charge on any atom is -0.376 e. The molecule has 0 radical (unpaired) electrons. The molecule has 3 aliphatic carbocycles. The fraction of sp³-hybridized carbons (Fsp3) is 0.368. The molecule has 0 bridgehead atoms. The largest absolute Gasteiger partial charge is 0.376 e. The second-order valence-corrected chi connectivity index (χ2v) is 37.3. The Balaban J connectivity index is 0.000000124. The van der Waals surface area contributed by atoms with Gasteiger partial charge in [-0.3, -0.25) is 57.5 Å². The minimum atomic E-state index is -3.03. The number of fused-ring (bicyclic) bond motifs is 6. The summed E-state index contributed by atoms with van der Waals surface area (Å²) >= 11 is 6.19. The lowest BCUT2D eigenvalue weighted by molar-refractivity contribution is -0.148. The average molecular weight is 1960 g/mol. The lowest BCUT2D eigenvalue weighted by Crippen LogP contribution is -2.61. The van der Waals surface area contributed by atoms with E-state index in [4.69, 9.17) is 21.1 Å². The number of hydrogen-bond acceptors (Lipinski definition) is 22. The van der Waals surface area contributed by atoms with Crippen molar-refractivity contribution < 1.29 is 97.7 Å². The first-order valence-corrected chi connectivity index (χ1v) is 45.6. The number of anilines is 4. The van der Waals surface area contributed by atoms with Gasteiger partial charge >= 0.3 is 0 Å². The number of aromatic nitrogens is 16. The van der Waals surface area contributed by atoms with Gasteiger partial charge in [-0.25, -0.2) is 30.7 Å². The molecule has 6 aliphatic heterocycles. The smallest absolute Gasteiger partial charge is 0.293 e. The van der Waals surface area contributed by atoms with Crippen molar-refractivity contribution >= 4 is 105 Å². The average Bonchev–Trinajstić information content (AvgIpc) is 1.51. The van der Waals surface area contributed by atoms with Crippen molar-refractivity contribution in [1.82, 2.24) is 101 Å². The first-order chi connectivity index (χ1) is 67.2. The van der Waals surface area contributed by atoms with Crippen molar-refractivity contribution in [3.05, 3.63) is 255 Å². The van der Waals surface area contributed by atoms with Gasteiger partial charge in [0.25, 0.3) is 82.7 Å². The Labute approximate surface area is 800 Å². The maximum Gasteiger partial charge on any atom is 0.293 e. The van der Waals surface area contributed by atoms with Gasteiger partial charge in [0.05, 0.1) is 90.2 Å². The fourth-order valence-electron chi connectivity index (χ4n) is 19.9. The molecule has 141 heavy (non-hydrogen) atoms. The molecule has 21 rings (SSSR count). The number of halogens is 8. The SMILES string of the molecule is Cc1cc(F)c(NC(=O)c2c(C)c(C(=O)C(=O)NC3(c4cn[nH]n4)CC3)c3n2CCC3)cc1F.Cc1ccc(NC(=O)c2c(C)c(C(=O)C(=O)NC3(c4cn[nH]n4)CC(F)(F)C3)c3n2CCC3)cc1C(F)F.Cc1ccc(NC(=O)c2c(C)c(C(=O)C(=O)NC3(c4cn[nH]n4)COC3)c3n2CCC3)cc1Cl.Cc1ccc(NC(=O)c2c(C)c(C(=O)C(=O)NC3(c4cn[nH]n4)COC3)c3n2[C@@H]2C[C@@H]2C3)cc1F. The van der Waals surface area contributed by atoms with E-state index in [0.29, 0.717) is 172 Å². The van der Waals surface area contributed by atoms with Gasteiger partial charge in [0.1, 0.15) is 74.1 Å². The first kappa shape index (κ1) is 96.0. The third kappa shape index (κ3) is 17.8. The predicted octanol–water partition coefficient (Wildman–Crippen LogP) is 10.9. The summed E-state index contributed by atoms with van der Waals surface area (Å²) in [5.41, 5.74) is 5.62. The molecule has 4 aromatic carbocycles. The van der Waals surface area contributed by atoms with E-state index in [2.05, 4.69) is 104 Å². The molecule has 5 fully saturated rings. The second kappa shape index (κ2) is 37.1. The molecule has 14 heterocycles. The number of Topliss-reactive ketones (excluding diaryl/α,β-unsaturated/α-hetero) is 4. The zero-order valence-corrected chi connectivity index (χ0v) is 77.7. The summed E-state index contributed by atoms with van der Waals surface area (Å²) in [6.45, 7) is 15.2. The number of ketones is 4. The van der Waals surface area contributed by atoms with E-state index < -0.39 is 129 Å². The summed E-state index contributed by atoms with van der Waals surface area (Å²) in [5, 5.41) is 62.7. The van der Waals surface area contributed by atoms with Gasteiger partial charge in [-0.05, 0) is 212 Å². The van der Waals surface area contributed by atoms with E-state index in [9.17, 15) is 88.3 Å². The van der Waals surface area contributed by atoms with Crippen molar-refractivity contribution in [2.75, 3.05) is 47.7 Å². The number of aromatic amines is 4. The van der Waals surface area contributed by atoms with Gasteiger partial charge in [-0.15, -0.1) is 0 Å². The molecule has 12 N–H and O–H groups in total. The summed E-state index contributed by atoms with van der Waals surface area (Å²) in [4.78, 5) is 158. The van der Waals surface area contributed by atoms with Crippen LogP contribution in [0.3, 0.4) is 0 Å². The van der Waals surface area contributed by atoms with Crippen LogP contribution in [0.1, 0.15) is 243 Å². The van der Waals surface area contributed by atoms with Crippen molar-refractivity contribution in [2.45, 2.75) is 193 Å². The Bertz CT molecular complexity index is 7160. The number of nitrogens with one attached hydrogen (secondary N) is 12. The molecule has 2 atom stereocenters. The molecule has 732 valence electrons. The first-order valence-electron chi connectivity index (χ1n) is 45.2. The minimum absolute atomic E-state index is 0.0312. The van der Waals surface area contributed by atoms with E-state index >= 15 is 0 Å². The number of carbonyl (C=O) groups excluding carboxylic acids is 12. The van der Waals surface area contributed by atoms with Gasteiger partial charge in [0.15, 0.2) is 0 Å². The molecular weight excluding hydrogens is 1870 g/mol. The second-order valence-electron chi connectivity index (χ2n) is 36.9. The van der Waals surface area contributed by atoms with Crippen molar-refractivity contribution in [2.24, 2.45) is 5.92 Å². The van der Waals surface area contributed by atoms with E-state index in [1.165, 1.54) is 69.8 Å². The van der Waals surface area contributed by atoms with Crippen LogP contribution in [0.25, 0.3) is 0 Å². The van der Waals surface area contributed by atoms with Crippen molar-refractivity contribution in [3.63, 3.8) is 0 Å².